The molecule has 0 unspecified atom stereocenters. The van der Waals surface area contributed by atoms with Gasteiger partial charge in [-0.05, 0) is 32.6 Å². The first kappa shape index (κ1) is 10.6. The molecule has 13 heavy (non-hydrogen) atoms. The second-order valence-electron chi connectivity index (χ2n) is 4.40. The molecule has 1 saturated carbocycles. The van der Waals surface area contributed by atoms with Gasteiger partial charge >= 0.3 is 0 Å². The third-order valence-electron chi connectivity index (χ3n) is 2.99. The molecule has 1 rings (SSSR count). The molecular formula is C11H21NO. The van der Waals surface area contributed by atoms with Crippen LogP contribution >= 0.6 is 0 Å². The largest absolute Gasteiger partial charge is 0.343 e. The summed E-state index contributed by atoms with van der Waals surface area (Å²) in [6.07, 6.45) is 7.73. The molecule has 0 saturated heterocycles. The minimum absolute atomic E-state index is 0.361. The minimum Gasteiger partial charge on any atom is -0.343 e. The molecule has 2 nitrogen and oxygen atoms in total. The zero-order valence-electron chi connectivity index (χ0n) is 8.83. The molecule has 1 fully saturated rings. The van der Waals surface area contributed by atoms with Crippen LogP contribution in [0.3, 0.4) is 0 Å². The zero-order chi connectivity index (χ0) is 9.68. The number of amides is 1. The summed E-state index contributed by atoms with van der Waals surface area (Å²) in [7, 11) is 0. The maximum atomic E-state index is 10.7. The highest BCUT2D eigenvalue weighted by Gasteiger charge is 2.17. The predicted octanol–water partition coefficient (Wildman–Crippen LogP) is 2.43. The molecule has 0 aromatic heterocycles. The summed E-state index contributed by atoms with van der Waals surface area (Å²) in [5.41, 5.74) is 0. The SMILES string of the molecule is CC(C)N(C=O)CC1CCCCC1. The Bertz CT molecular complexity index is 150. The van der Waals surface area contributed by atoms with Crippen molar-refractivity contribution in [1.82, 2.24) is 4.90 Å². The molecule has 1 amide bonds. The van der Waals surface area contributed by atoms with Crippen molar-refractivity contribution in [3.63, 3.8) is 0 Å². The van der Waals surface area contributed by atoms with E-state index in [9.17, 15) is 4.79 Å². The van der Waals surface area contributed by atoms with E-state index < -0.39 is 0 Å². The molecular weight excluding hydrogens is 162 g/mol. The van der Waals surface area contributed by atoms with Gasteiger partial charge < -0.3 is 4.90 Å². The molecule has 0 aromatic rings. The quantitative estimate of drug-likeness (QED) is 0.613. The molecule has 1 aliphatic carbocycles. The summed E-state index contributed by atoms with van der Waals surface area (Å²) in [6, 6.07) is 0.361. The van der Waals surface area contributed by atoms with Crippen molar-refractivity contribution in [2.24, 2.45) is 5.92 Å². The number of carbonyl (C=O) groups is 1. The second-order valence-corrected chi connectivity index (χ2v) is 4.40. The third kappa shape index (κ3) is 3.37. The van der Waals surface area contributed by atoms with Gasteiger partial charge in [-0.15, -0.1) is 0 Å². The topological polar surface area (TPSA) is 20.3 Å². The minimum atomic E-state index is 0.361. The maximum absolute atomic E-state index is 10.7. The van der Waals surface area contributed by atoms with Crippen molar-refractivity contribution in [3.8, 4) is 0 Å². The Morgan fingerprint density at radius 3 is 2.38 bits per heavy atom. The van der Waals surface area contributed by atoms with Crippen molar-refractivity contribution in [2.45, 2.75) is 52.0 Å². The number of carbonyl (C=O) groups excluding carboxylic acids is 1. The van der Waals surface area contributed by atoms with E-state index in [2.05, 4.69) is 13.8 Å². The maximum Gasteiger partial charge on any atom is 0.209 e. The van der Waals surface area contributed by atoms with Crippen molar-refractivity contribution in [1.29, 1.82) is 0 Å². The molecule has 0 radical (unpaired) electrons. The molecule has 76 valence electrons. The Hall–Kier alpha value is -0.530. The van der Waals surface area contributed by atoms with Crippen molar-refractivity contribution < 1.29 is 4.79 Å². The summed E-state index contributed by atoms with van der Waals surface area (Å²) in [5, 5.41) is 0. The smallest absolute Gasteiger partial charge is 0.209 e. The van der Waals surface area contributed by atoms with Gasteiger partial charge in [0.2, 0.25) is 6.41 Å². The highest BCUT2D eigenvalue weighted by molar-refractivity contribution is 5.47. The van der Waals surface area contributed by atoms with Gasteiger partial charge in [-0.2, -0.15) is 0 Å². The van der Waals surface area contributed by atoms with Crippen LogP contribution in [0, 0.1) is 5.92 Å². The summed E-state index contributed by atoms with van der Waals surface area (Å²) < 4.78 is 0. The van der Waals surface area contributed by atoms with Gasteiger partial charge in [0.25, 0.3) is 0 Å². The van der Waals surface area contributed by atoms with Crippen molar-refractivity contribution in [3.05, 3.63) is 0 Å². The first-order chi connectivity index (χ1) is 6.24. The first-order valence-corrected chi connectivity index (χ1v) is 5.45. The van der Waals surface area contributed by atoms with Crippen LogP contribution in [0.15, 0.2) is 0 Å². The fourth-order valence-corrected chi connectivity index (χ4v) is 2.04. The number of rotatable bonds is 4. The second kappa shape index (κ2) is 5.25. The van der Waals surface area contributed by atoms with Crippen LogP contribution in [0.5, 0.6) is 0 Å². The monoisotopic (exact) mass is 183 g/mol. The van der Waals surface area contributed by atoms with Gasteiger partial charge in [0.15, 0.2) is 0 Å². The van der Waals surface area contributed by atoms with Gasteiger partial charge in [0.1, 0.15) is 0 Å². The highest BCUT2D eigenvalue weighted by atomic mass is 16.1. The lowest BCUT2D eigenvalue weighted by Gasteiger charge is -2.29. The van der Waals surface area contributed by atoms with Crippen LogP contribution in [0.4, 0.5) is 0 Å². The van der Waals surface area contributed by atoms with Crippen LogP contribution < -0.4 is 0 Å². The lowest BCUT2D eigenvalue weighted by Crippen LogP contribution is -2.34. The molecule has 2 heteroatoms. The molecule has 0 aliphatic heterocycles. The number of hydrogen-bond donors (Lipinski definition) is 0. The molecule has 0 bridgehead atoms. The lowest BCUT2D eigenvalue weighted by molar-refractivity contribution is -0.120. The third-order valence-corrected chi connectivity index (χ3v) is 2.99. The Kier molecular flexibility index (Phi) is 4.26. The van der Waals surface area contributed by atoms with E-state index >= 15 is 0 Å². The van der Waals surface area contributed by atoms with E-state index in [1.54, 1.807) is 0 Å². The fourth-order valence-electron chi connectivity index (χ4n) is 2.04. The van der Waals surface area contributed by atoms with Crippen LogP contribution in [0.25, 0.3) is 0 Å². The van der Waals surface area contributed by atoms with E-state index in [0.717, 1.165) is 18.9 Å². The van der Waals surface area contributed by atoms with E-state index in [1.165, 1.54) is 32.1 Å². The van der Waals surface area contributed by atoms with Gasteiger partial charge in [0, 0.05) is 12.6 Å². The Morgan fingerprint density at radius 1 is 1.31 bits per heavy atom. The number of nitrogens with zero attached hydrogens (tertiary/aromatic N) is 1. The standard InChI is InChI=1S/C11H21NO/c1-10(2)12(9-13)8-11-6-4-3-5-7-11/h9-11H,3-8H2,1-2H3. The molecule has 0 atom stereocenters. The molecule has 0 aromatic carbocycles. The normalized spacial score (nSPS) is 19.0. The molecule has 0 N–H and O–H groups in total. The van der Waals surface area contributed by atoms with Gasteiger partial charge in [0.05, 0.1) is 0 Å². The fraction of sp³-hybridized carbons (Fsp3) is 0.909. The molecule has 0 heterocycles. The van der Waals surface area contributed by atoms with E-state index in [4.69, 9.17) is 0 Å². The van der Waals surface area contributed by atoms with E-state index in [1.807, 2.05) is 4.90 Å². The molecule has 0 spiro atoms. The summed E-state index contributed by atoms with van der Waals surface area (Å²) in [4.78, 5) is 12.7. The first-order valence-electron chi connectivity index (χ1n) is 5.45. The van der Waals surface area contributed by atoms with Crippen LogP contribution in [-0.2, 0) is 4.79 Å². The highest BCUT2D eigenvalue weighted by Crippen LogP contribution is 2.24. The predicted molar refractivity (Wildman–Crippen MR) is 54.5 cm³/mol. The molecule has 1 aliphatic rings. The van der Waals surface area contributed by atoms with Crippen LogP contribution in [0.1, 0.15) is 46.0 Å². The van der Waals surface area contributed by atoms with Crippen molar-refractivity contribution >= 4 is 6.41 Å². The van der Waals surface area contributed by atoms with Gasteiger partial charge in [-0.1, -0.05) is 19.3 Å². The summed E-state index contributed by atoms with van der Waals surface area (Å²) >= 11 is 0. The Morgan fingerprint density at radius 2 is 1.92 bits per heavy atom. The van der Waals surface area contributed by atoms with Gasteiger partial charge in [-0.3, -0.25) is 4.79 Å². The van der Waals surface area contributed by atoms with Crippen LogP contribution in [-0.4, -0.2) is 23.9 Å². The summed E-state index contributed by atoms with van der Waals surface area (Å²) in [5.74, 6) is 0.765. The van der Waals surface area contributed by atoms with E-state index in [-0.39, 0.29) is 0 Å². The average Bonchev–Trinajstić information content (AvgIpc) is 2.15. The summed E-state index contributed by atoms with van der Waals surface area (Å²) in [6.45, 7) is 5.13. The Labute approximate surface area is 81.3 Å². The van der Waals surface area contributed by atoms with E-state index in [0.29, 0.717) is 6.04 Å². The van der Waals surface area contributed by atoms with Gasteiger partial charge in [-0.25, -0.2) is 0 Å². The van der Waals surface area contributed by atoms with Crippen molar-refractivity contribution in [2.75, 3.05) is 6.54 Å². The zero-order valence-corrected chi connectivity index (χ0v) is 8.83. The Balaban J connectivity index is 2.31. The number of hydrogen-bond acceptors (Lipinski definition) is 1. The lowest BCUT2D eigenvalue weighted by atomic mass is 9.89. The van der Waals surface area contributed by atoms with Crippen LogP contribution in [0.2, 0.25) is 0 Å². The average molecular weight is 183 g/mol.